The Hall–Kier alpha value is -1.87. The monoisotopic (exact) mass is 242 g/mol. The van der Waals surface area contributed by atoms with Crippen molar-refractivity contribution in [3.63, 3.8) is 0 Å². The lowest BCUT2D eigenvalue weighted by molar-refractivity contribution is 0.626. The standard InChI is InChI=1S/C15H15FN2/c1-18-9-14(17)12-5-3-2-4-11(12)13-7-6-10(16)8-15(13)18/h2-8,14H,9,17H2,1H3. The minimum absolute atomic E-state index is 0.0540. The highest BCUT2D eigenvalue weighted by Crippen LogP contribution is 2.38. The van der Waals surface area contributed by atoms with Crippen LogP contribution in [0.5, 0.6) is 0 Å². The van der Waals surface area contributed by atoms with Crippen LogP contribution < -0.4 is 10.6 Å². The van der Waals surface area contributed by atoms with Crippen LogP contribution in [0.25, 0.3) is 11.1 Å². The number of hydrogen-bond donors (Lipinski definition) is 1. The molecule has 0 fully saturated rings. The van der Waals surface area contributed by atoms with Crippen LogP contribution >= 0.6 is 0 Å². The number of hydrogen-bond acceptors (Lipinski definition) is 2. The zero-order valence-corrected chi connectivity index (χ0v) is 10.2. The SMILES string of the molecule is CN1CC(N)c2ccccc2-c2ccc(F)cc21. The third kappa shape index (κ3) is 1.68. The first kappa shape index (κ1) is 11.2. The van der Waals surface area contributed by atoms with Crippen LogP contribution in [0.2, 0.25) is 0 Å². The first-order valence-corrected chi connectivity index (χ1v) is 6.02. The van der Waals surface area contributed by atoms with Gasteiger partial charge in [-0.05, 0) is 29.3 Å². The Kier molecular flexibility index (Phi) is 2.56. The van der Waals surface area contributed by atoms with Gasteiger partial charge in [-0.15, -0.1) is 0 Å². The number of anilines is 1. The van der Waals surface area contributed by atoms with Gasteiger partial charge in [-0.3, -0.25) is 0 Å². The fourth-order valence-electron chi connectivity index (χ4n) is 2.61. The lowest BCUT2D eigenvalue weighted by Crippen LogP contribution is -2.27. The summed E-state index contributed by atoms with van der Waals surface area (Å²) in [5.41, 5.74) is 10.4. The lowest BCUT2D eigenvalue weighted by Gasteiger charge is -2.21. The maximum Gasteiger partial charge on any atom is 0.125 e. The van der Waals surface area contributed by atoms with E-state index in [0.29, 0.717) is 6.54 Å². The van der Waals surface area contributed by atoms with E-state index in [1.807, 2.05) is 42.3 Å². The Bertz CT molecular complexity index is 595. The molecule has 1 aliphatic rings. The summed E-state index contributed by atoms with van der Waals surface area (Å²) in [6, 6.07) is 12.9. The number of fused-ring (bicyclic) bond motifs is 3. The second-order valence-electron chi connectivity index (χ2n) is 4.74. The first-order valence-electron chi connectivity index (χ1n) is 6.02. The van der Waals surface area contributed by atoms with Crippen molar-refractivity contribution in [1.82, 2.24) is 0 Å². The topological polar surface area (TPSA) is 29.3 Å². The Balaban J connectivity index is 2.30. The number of nitrogens with zero attached hydrogens (tertiary/aromatic N) is 1. The summed E-state index contributed by atoms with van der Waals surface area (Å²) in [5.74, 6) is -0.214. The molecule has 1 unspecified atom stereocenters. The second-order valence-corrected chi connectivity index (χ2v) is 4.74. The van der Waals surface area contributed by atoms with Gasteiger partial charge in [-0.2, -0.15) is 0 Å². The van der Waals surface area contributed by atoms with Crippen molar-refractivity contribution in [2.24, 2.45) is 5.73 Å². The second kappa shape index (κ2) is 4.10. The van der Waals surface area contributed by atoms with Crippen LogP contribution in [-0.4, -0.2) is 13.6 Å². The summed E-state index contributed by atoms with van der Waals surface area (Å²) in [4.78, 5) is 2.02. The molecule has 1 heterocycles. The van der Waals surface area contributed by atoms with Gasteiger partial charge in [-0.25, -0.2) is 4.39 Å². The molecule has 2 aromatic carbocycles. The third-order valence-corrected chi connectivity index (χ3v) is 3.49. The van der Waals surface area contributed by atoms with E-state index in [-0.39, 0.29) is 11.9 Å². The number of benzene rings is 2. The fraction of sp³-hybridized carbons (Fsp3) is 0.200. The van der Waals surface area contributed by atoms with Gasteiger partial charge in [-0.1, -0.05) is 24.3 Å². The summed E-state index contributed by atoms with van der Waals surface area (Å²) < 4.78 is 13.4. The molecule has 2 nitrogen and oxygen atoms in total. The van der Waals surface area contributed by atoms with Crippen molar-refractivity contribution in [1.29, 1.82) is 0 Å². The van der Waals surface area contributed by atoms with Crippen LogP contribution in [0.3, 0.4) is 0 Å². The maximum absolute atomic E-state index is 13.4. The van der Waals surface area contributed by atoms with Crippen LogP contribution in [-0.2, 0) is 0 Å². The Morgan fingerprint density at radius 2 is 1.94 bits per heavy atom. The first-order chi connectivity index (χ1) is 8.66. The highest BCUT2D eigenvalue weighted by atomic mass is 19.1. The molecule has 0 spiro atoms. The predicted molar refractivity (Wildman–Crippen MR) is 72.0 cm³/mol. The van der Waals surface area contributed by atoms with Crippen molar-refractivity contribution in [3.8, 4) is 11.1 Å². The van der Waals surface area contributed by atoms with E-state index in [0.717, 1.165) is 22.4 Å². The summed E-state index contributed by atoms with van der Waals surface area (Å²) in [6.07, 6.45) is 0. The van der Waals surface area contributed by atoms with E-state index in [4.69, 9.17) is 5.73 Å². The molecule has 0 radical (unpaired) electrons. The van der Waals surface area contributed by atoms with Crippen molar-refractivity contribution in [2.75, 3.05) is 18.5 Å². The highest BCUT2D eigenvalue weighted by molar-refractivity contribution is 5.82. The number of halogens is 1. The van der Waals surface area contributed by atoms with Crippen LogP contribution in [0.1, 0.15) is 11.6 Å². The molecule has 1 atom stereocenters. The largest absolute Gasteiger partial charge is 0.372 e. The van der Waals surface area contributed by atoms with Gasteiger partial charge in [0.05, 0.1) is 0 Å². The minimum Gasteiger partial charge on any atom is -0.372 e. The average Bonchev–Trinajstić information content (AvgIpc) is 2.47. The quantitative estimate of drug-likeness (QED) is 0.769. The molecule has 1 aliphatic heterocycles. The number of nitrogens with two attached hydrogens (primary N) is 1. The third-order valence-electron chi connectivity index (χ3n) is 3.49. The fourth-order valence-corrected chi connectivity index (χ4v) is 2.61. The summed E-state index contributed by atoms with van der Waals surface area (Å²) in [7, 11) is 1.95. The van der Waals surface area contributed by atoms with Crippen LogP contribution in [0.15, 0.2) is 42.5 Å². The summed E-state index contributed by atoms with van der Waals surface area (Å²) >= 11 is 0. The number of likely N-dealkylation sites (N-methyl/N-ethyl adjacent to an activating group) is 1. The van der Waals surface area contributed by atoms with Gasteiger partial charge in [0.25, 0.3) is 0 Å². The zero-order chi connectivity index (χ0) is 12.7. The molecule has 0 aromatic heterocycles. The van der Waals surface area contributed by atoms with Crippen LogP contribution in [0, 0.1) is 5.82 Å². The molecule has 0 amide bonds. The molecule has 18 heavy (non-hydrogen) atoms. The lowest BCUT2D eigenvalue weighted by atomic mass is 9.96. The molecule has 3 heteroatoms. The highest BCUT2D eigenvalue weighted by Gasteiger charge is 2.22. The van der Waals surface area contributed by atoms with Gasteiger partial charge in [0.1, 0.15) is 5.82 Å². The maximum atomic E-state index is 13.4. The predicted octanol–water partition coefficient (Wildman–Crippen LogP) is 2.94. The van der Waals surface area contributed by atoms with Gasteiger partial charge >= 0.3 is 0 Å². The molecular weight excluding hydrogens is 227 g/mol. The molecule has 2 N–H and O–H groups in total. The molecule has 92 valence electrons. The van der Waals surface area contributed by atoms with Gasteiger partial charge in [0.2, 0.25) is 0 Å². The van der Waals surface area contributed by atoms with E-state index in [9.17, 15) is 4.39 Å². The Morgan fingerprint density at radius 3 is 2.78 bits per heavy atom. The van der Waals surface area contributed by atoms with Crippen LogP contribution in [0.4, 0.5) is 10.1 Å². The van der Waals surface area contributed by atoms with Gasteiger partial charge in [0.15, 0.2) is 0 Å². The van der Waals surface area contributed by atoms with E-state index in [1.165, 1.54) is 6.07 Å². The molecule has 0 bridgehead atoms. The normalized spacial score (nSPS) is 17.9. The van der Waals surface area contributed by atoms with E-state index in [2.05, 4.69) is 0 Å². The van der Waals surface area contributed by atoms with Gasteiger partial charge < -0.3 is 10.6 Å². The van der Waals surface area contributed by atoms with E-state index < -0.39 is 0 Å². The Labute approximate surface area is 106 Å². The molecule has 2 aromatic rings. The zero-order valence-electron chi connectivity index (χ0n) is 10.2. The summed E-state index contributed by atoms with van der Waals surface area (Å²) in [6.45, 7) is 0.688. The van der Waals surface area contributed by atoms with Gasteiger partial charge in [0, 0.05) is 30.9 Å². The smallest absolute Gasteiger partial charge is 0.125 e. The van der Waals surface area contributed by atoms with E-state index >= 15 is 0 Å². The Morgan fingerprint density at radius 1 is 1.17 bits per heavy atom. The molecular formula is C15H15FN2. The summed E-state index contributed by atoms with van der Waals surface area (Å²) in [5, 5.41) is 0. The van der Waals surface area contributed by atoms with Crippen molar-refractivity contribution in [2.45, 2.75) is 6.04 Å². The van der Waals surface area contributed by atoms with E-state index in [1.54, 1.807) is 6.07 Å². The average molecular weight is 242 g/mol. The minimum atomic E-state index is -0.214. The number of rotatable bonds is 0. The van der Waals surface area contributed by atoms with Crippen molar-refractivity contribution >= 4 is 5.69 Å². The van der Waals surface area contributed by atoms with Crippen molar-refractivity contribution < 1.29 is 4.39 Å². The van der Waals surface area contributed by atoms with Crippen molar-refractivity contribution in [3.05, 3.63) is 53.8 Å². The molecule has 3 rings (SSSR count). The molecule has 0 saturated carbocycles. The molecule has 0 saturated heterocycles. The molecule has 0 aliphatic carbocycles.